The van der Waals surface area contributed by atoms with Crippen molar-refractivity contribution in [2.45, 2.75) is 19.0 Å². The summed E-state index contributed by atoms with van der Waals surface area (Å²) in [6.45, 7) is 1.32. The summed E-state index contributed by atoms with van der Waals surface area (Å²) in [6, 6.07) is 13.4. The fraction of sp³-hybridized carbons (Fsp3) is 0.320. The van der Waals surface area contributed by atoms with Crippen LogP contribution in [0.25, 0.3) is 6.08 Å². The van der Waals surface area contributed by atoms with Gasteiger partial charge in [-0.2, -0.15) is 13.2 Å². The lowest BCUT2D eigenvalue weighted by atomic mass is 9.96. The Morgan fingerprint density at radius 1 is 0.912 bits per heavy atom. The van der Waals surface area contributed by atoms with Crippen LogP contribution in [0.4, 0.5) is 13.2 Å². The molecular formula is C25H26F3N3O3. The quantitative estimate of drug-likeness (QED) is 0.477. The van der Waals surface area contributed by atoms with Gasteiger partial charge in [0.25, 0.3) is 5.91 Å². The summed E-state index contributed by atoms with van der Waals surface area (Å²) in [4.78, 5) is 38.5. The van der Waals surface area contributed by atoms with E-state index in [1.54, 1.807) is 11.0 Å². The first kappa shape index (κ1) is 25.0. The molecule has 3 rings (SSSR count). The third-order valence-electron chi connectivity index (χ3n) is 5.58. The maximum absolute atomic E-state index is 12.6. The van der Waals surface area contributed by atoms with E-state index in [2.05, 4.69) is 10.6 Å². The van der Waals surface area contributed by atoms with Crippen molar-refractivity contribution < 1.29 is 27.6 Å². The monoisotopic (exact) mass is 473 g/mol. The second-order valence-corrected chi connectivity index (χ2v) is 7.97. The van der Waals surface area contributed by atoms with E-state index in [9.17, 15) is 27.6 Å². The van der Waals surface area contributed by atoms with Gasteiger partial charge in [-0.05, 0) is 48.7 Å². The zero-order valence-electron chi connectivity index (χ0n) is 18.5. The van der Waals surface area contributed by atoms with Crippen molar-refractivity contribution in [2.24, 2.45) is 5.92 Å². The lowest BCUT2D eigenvalue weighted by Crippen LogP contribution is -2.44. The van der Waals surface area contributed by atoms with E-state index in [1.807, 2.05) is 30.3 Å². The average molecular weight is 473 g/mol. The Labute approximate surface area is 195 Å². The molecule has 180 valence electrons. The number of halogens is 3. The van der Waals surface area contributed by atoms with E-state index in [4.69, 9.17) is 0 Å². The molecule has 1 fully saturated rings. The number of nitrogens with one attached hydrogen (secondary N) is 2. The molecule has 2 aromatic carbocycles. The van der Waals surface area contributed by atoms with Gasteiger partial charge in [0.1, 0.15) is 0 Å². The molecule has 0 saturated carbocycles. The number of hydrogen-bond acceptors (Lipinski definition) is 3. The molecule has 2 N–H and O–H groups in total. The molecule has 1 saturated heterocycles. The zero-order chi connectivity index (χ0) is 24.6. The van der Waals surface area contributed by atoms with E-state index >= 15 is 0 Å². The summed E-state index contributed by atoms with van der Waals surface area (Å²) in [5.41, 5.74) is 0.226. The van der Waals surface area contributed by atoms with Crippen LogP contribution in [0.1, 0.15) is 34.3 Å². The molecule has 0 bridgehead atoms. The van der Waals surface area contributed by atoms with E-state index in [-0.39, 0.29) is 36.4 Å². The molecule has 0 aromatic heterocycles. The van der Waals surface area contributed by atoms with Gasteiger partial charge in [-0.1, -0.05) is 30.3 Å². The zero-order valence-corrected chi connectivity index (χ0v) is 18.5. The summed E-state index contributed by atoms with van der Waals surface area (Å²) >= 11 is 0. The number of rotatable bonds is 7. The number of amides is 3. The van der Waals surface area contributed by atoms with Gasteiger partial charge in [0.15, 0.2) is 0 Å². The number of benzene rings is 2. The first-order chi connectivity index (χ1) is 16.2. The Morgan fingerprint density at radius 3 is 2.15 bits per heavy atom. The lowest BCUT2D eigenvalue weighted by molar-refractivity contribution is -0.137. The molecule has 3 amide bonds. The Hall–Kier alpha value is -3.62. The standard InChI is InChI=1S/C25H26F3N3O3/c26-25(27,28)21-9-7-19(8-10-21)23(33)29-14-15-30-24(34)20-12-16-31(17-13-20)22(32)11-6-18-4-2-1-3-5-18/h1-11,20H,12-17H2,(H,29,33)(H,30,34)/b11-6+. The largest absolute Gasteiger partial charge is 0.416 e. The number of hydrogen-bond donors (Lipinski definition) is 2. The first-order valence-corrected chi connectivity index (χ1v) is 11.0. The van der Waals surface area contributed by atoms with Crippen molar-refractivity contribution >= 4 is 23.8 Å². The van der Waals surface area contributed by atoms with Gasteiger partial charge in [-0.15, -0.1) is 0 Å². The lowest BCUT2D eigenvalue weighted by Gasteiger charge is -2.30. The summed E-state index contributed by atoms with van der Waals surface area (Å²) in [5.74, 6) is -0.962. The molecule has 0 radical (unpaired) electrons. The molecular weight excluding hydrogens is 447 g/mol. The molecule has 0 spiro atoms. The summed E-state index contributed by atoms with van der Waals surface area (Å²) < 4.78 is 37.8. The molecule has 1 heterocycles. The minimum atomic E-state index is -4.46. The minimum absolute atomic E-state index is 0.0892. The molecule has 1 aliphatic heterocycles. The van der Waals surface area contributed by atoms with Crippen molar-refractivity contribution in [1.82, 2.24) is 15.5 Å². The highest BCUT2D eigenvalue weighted by atomic mass is 19.4. The number of nitrogens with zero attached hydrogens (tertiary/aromatic N) is 1. The predicted molar refractivity (Wildman–Crippen MR) is 122 cm³/mol. The van der Waals surface area contributed by atoms with E-state index in [1.165, 1.54) is 6.08 Å². The van der Waals surface area contributed by atoms with Crippen LogP contribution in [-0.4, -0.2) is 48.8 Å². The second kappa shape index (κ2) is 11.5. The van der Waals surface area contributed by atoms with Crippen LogP contribution >= 0.6 is 0 Å². The fourth-order valence-corrected chi connectivity index (χ4v) is 3.62. The van der Waals surface area contributed by atoms with Gasteiger partial charge in [-0.3, -0.25) is 14.4 Å². The van der Waals surface area contributed by atoms with Gasteiger partial charge in [-0.25, -0.2) is 0 Å². The van der Waals surface area contributed by atoms with E-state index in [0.717, 1.165) is 29.8 Å². The fourth-order valence-electron chi connectivity index (χ4n) is 3.62. The summed E-state index contributed by atoms with van der Waals surface area (Å²) in [7, 11) is 0. The van der Waals surface area contributed by atoms with Crippen molar-refractivity contribution in [1.29, 1.82) is 0 Å². The number of likely N-dealkylation sites (tertiary alicyclic amines) is 1. The minimum Gasteiger partial charge on any atom is -0.354 e. The van der Waals surface area contributed by atoms with Crippen molar-refractivity contribution in [3.05, 3.63) is 77.4 Å². The SMILES string of the molecule is O=C(NCCNC(=O)C1CCN(C(=O)/C=C/c2ccccc2)CC1)c1ccc(C(F)(F)F)cc1. The van der Waals surface area contributed by atoms with Crippen LogP contribution in [0.15, 0.2) is 60.7 Å². The van der Waals surface area contributed by atoms with Crippen molar-refractivity contribution in [3.8, 4) is 0 Å². The summed E-state index contributed by atoms with van der Waals surface area (Å²) in [6.07, 6.45) is -0.0555. The van der Waals surface area contributed by atoms with Crippen LogP contribution in [-0.2, 0) is 15.8 Å². The first-order valence-electron chi connectivity index (χ1n) is 11.0. The molecule has 0 unspecified atom stereocenters. The van der Waals surface area contributed by atoms with Crippen molar-refractivity contribution in [3.63, 3.8) is 0 Å². The predicted octanol–water partition coefficient (Wildman–Crippen LogP) is 3.50. The van der Waals surface area contributed by atoms with Crippen LogP contribution in [0.3, 0.4) is 0 Å². The highest BCUT2D eigenvalue weighted by molar-refractivity contribution is 5.94. The van der Waals surface area contributed by atoms with Crippen molar-refractivity contribution in [2.75, 3.05) is 26.2 Å². The molecule has 2 aromatic rings. The maximum Gasteiger partial charge on any atom is 0.416 e. The Bertz CT molecular complexity index is 1010. The van der Waals surface area contributed by atoms with Gasteiger partial charge >= 0.3 is 6.18 Å². The van der Waals surface area contributed by atoms with Crippen LogP contribution in [0.2, 0.25) is 0 Å². The molecule has 0 atom stereocenters. The number of carbonyl (C=O) groups is 3. The third kappa shape index (κ3) is 7.19. The topological polar surface area (TPSA) is 78.5 Å². The van der Waals surface area contributed by atoms with Gasteiger partial charge in [0.05, 0.1) is 5.56 Å². The Balaban J connectivity index is 1.35. The number of carbonyl (C=O) groups excluding carboxylic acids is 3. The third-order valence-corrected chi connectivity index (χ3v) is 5.58. The maximum atomic E-state index is 12.6. The normalized spacial score (nSPS) is 14.7. The van der Waals surface area contributed by atoms with Crippen LogP contribution in [0.5, 0.6) is 0 Å². The molecule has 6 nitrogen and oxygen atoms in total. The van der Waals surface area contributed by atoms with Gasteiger partial charge in [0.2, 0.25) is 11.8 Å². The highest BCUT2D eigenvalue weighted by Crippen LogP contribution is 2.29. The second-order valence-electron chi connectivity index (χ2n) is 7.97. The smallest absolute Gasteiger partial charge is 0.354 e. The molecule has 9 heteroatoms. The number of alkyl halides is 3. The molecule has 34 heavy (non-hydrogen) atoms. The van der Waals surface area contributed by atoms with Gasteiger partial charge in [0, 0.05) is 43.7 Å². The van der Waals surface area contributed by atoms with Gasteiger partial charge < -0.3 is 15.5 Å². The van der Waals surface area contributed by atoms with Crippen LogP contribution < -0.4 is 10.6 Å². The van der Waals surface area contributed by atoms with E-state index < -0.39 is 17.6 Å². The number of piperidine rings is 1. The molecule has 0 aliphatic carbocycles. The Morgan fingerprint density at radius 2 is 1.53 bits per heavy atom. The average Bonchev–Trinajstić information content (AvgIpc) is 2.85. The van der Waals surface area contributed by atoms with Crippen LogP contribution in [0, 0.1) is 5.92 Å². The molecule has 1 aliphatic rings. The highest BCUT2D eigenvalue weighted by Gasteiger charge is 2.30. The summed E-state index contributed by atoms with van der Waals surface area (Å²) in [5, 5.41) is 5.33. The van der Waals surface area contributed by atoms with E-state index in [0.29, 0.717) is 25.9 Å². The Kier molecular flexibility index (Phi) is 8.45.